The van der Waals surface area contributed by atoms with Gasteiger partial charge in [-0.15, -0.1) is 0 Å². The van der Waals surface area contributed by atoms with Gasteiger partial charge in [0.2, 0.25) is 10.0 Å². The van der Waals surface area contributed by atoms with Gasteiger partial charge in [-0.2, -0.15) is 4.72 Å². The van der Waals surface area contributed by atoms with Crippen molar-refractivity contribution in [2.24, 2.45) is 5.92 Å². The fraction of sp³-hybridized carbons (Fsp3) is 0.421. The van der Waals surface area contributed by atoms with Crippen molar-refractivity contribution in [3.8, 4) is 0 Å². The summed E-state index contributed by atoms with van der Waals surface area (Å²) in [6.45, 7) is 5.98. The molecule has 29 heavy (non-hydrogen) atoms. The molecule has 10 heteroatoms. The molecule has 1 rings (SSSR count). The fourth-order valence-electron chi connectivity index (χ4n) is 2.09. The molecule has 0 saturated carbocycles. The summed E-state index contributed by atoms with van der Waals surface area (Å²) in [7, 11) is -3.94. The molecule has 3 amide bonds. The van der Waals surface area contributed by atoms with E-state index in [1.54, 1.807) is 58.0 Å². The molecule has 0 aliphatic carbocycles. The number of carbonyl (C=O) groups excluding carboxylic acids is 3. The average Bonchev–Trinajstić information content (AvgIpc) is 2.62. The van der Waals surface area contributed by atoms with Crippen LogP contribution in [0.25, 0.3) is 6.08 Å². The summed E-state index contributed by atoms with van der Waals surface area (Å²) >= 11 is 0. The first-order valence-corrected chi connectivity index (χ1v) is 10.6. The van der Waals surface area contributed by atoms with Gasteiger partial charge in [-0.3, -0.25) is 14.9 Å². The normalized spacial score (nSPS) is 12.8. The van der Waals surface area contributed by atoms with E-state index in [1.807, 2.05) is 5.32 Å². The maximum atomic E-state index is 12.3. The zero-order chi connectivity index (χ0) is 22.0. The zero-order valence-electron chi connectivity index (χ0n) is 16.8. The van der Waals surface area contributed by atoms with Crippen molar-refractivity contribution in [3.63, 3.8) is 0 Å². The van der Waals surface area contributed by atoms with Gasteiger partial charge in [0.05, 0.1) is 0 Å². The first-order valence-electron chi connectivity index (χ1n) is 9.02. The largest absolute Gasteiger partial charge is 0.454 e. The number of esters is 1. The summed E-state index contributed by atoms with van der Waals surface area (Å²) in [6.07, 6.45) is 1.39. The van der Waals surface area contributed by atoms with Crippen LogP contribution < -0.4 is 15.4 Å². The lowest BCUT2D eigenvalue weighted by Gasteiger charge is -2.19. The summed E-state index contributed by atoms with van der Waals surface area (Å²) in [5, 5.41) is 5.41. The van der Waals surface area contributed by atoms with Crippen LogP contribution in [-0.4, -0.2) is 45.0 Å². The zero-order valence-corrected chi connectivity index (χ0v) is 17.7. The minimum atomic E-state index is -3.94. The van der Waals surface area contributed by atoms with Crippen molar-refractivity contribution in [1.29, 1.82) is 0 Å². The van der Waals surface area contributed by atoms with Crippen molar-refractivity contribution in [2.75, 3.05) is 6.61 Å². The number of urea groups is 1. The number of rotatable bonds is 9. The Morgan fingerprint density at radius 3 is 2.24 bits per heavy atom. The van der Waals surface area contributed by atoms with Gasteiger partial charge in [-0.1, -0.05) is 44.2 Å². The molecule has 0 spiro atoms. The van der Waals surface area contributed by atoms with Gasteiger partial charge in [0.25, 0.3) is 5.91 Å². The number of amides is 3. The Morgan fingerprint density at radius 1 is 1.07 bits per heavy atom. The molecular weight excluding hydrogens is 398 g/mol. The highest BCUT2D eigenvalue weighted by Crippen LogP contribution is 2.08. The van der Waals surface area contributed by atoms with E-state index in [0.29, 0.717) is 5.56 Å². The highest BCUT2D eigenvalue weighted by molar-refractivity contribution is 7.92. The summed E-state index contributed by atoms with van der Waals surface area (Å²) < 4.78 is 31.7. The molecule has 0 saturated heterocycles. The van der Waals surface area contributed by atoms with Crippen LogP contribution in [0, 0.1) is 5.92 Å². The Balaban J connectivity index is 2.67. The van der Waals surface area contributed by atoms with E-state index in [4.69, 9.17) is 4.74 Å². The minimum Gasteiger partial charge on any atom is -0.454 e. The number of hydrogen-bond donors (Lipinski definition) is 3. The van der Waals surface area contributed by atoms with Crippen LogP contribution in [0.2, 0.25) is 0 Å². The van der Waals surface area contributed by atoms with E-state index < -0.39 is 46.5 Å². The highest BCUT2D eigenvalue weighted by atomic mass is 32.2. The lowest BCUT2D eigenvalue weighted by Crippen LogP contribution is -2.47. The molecule has 160 valence electrons. The van der Waals surface area contributed by atoms with Crippen LogP contribution in [0.1, 0.15) is 33.3 Å². The second-order valence-corrected chi connectivity index (χ2v) is 8.48. The number of hydrogen-bond acceptors (Lipinski definition) is 6. The first-order chi connectivity index (χ1) is 13.5. The smallest absolute Gasteiger partial charge is 0.324 e. The predicted molar refractivity (Wildman–Crippen MR) is 109 cm³/mol. The Morgan fingerprint density at radius 2 is 1.69 bits per heavy atom. The van der Waals surface area contributed by atoms with Crippen LogP contribution in [0.4, 0.5) is 4.79 Å². The van der Waals surface area contributed by atoms with Gasteiger partial charge in [0, 0.05) is 11.4 Å². The number of benzene rings is 1. The summed E-state index contributed by atoms with van der Waals surface area (Å²) in [4.78, 5) is 35.4. The van der Waals surface area contributed by atoms with E-state index in [1.165, 1.54) is 6.08 Å². The maximum Gasteiger partial charge on any atom is 0.324 e. The van der Waals surface area contributed by atoms with E-state index >= 15 is 0 Å². The Labute approximate surface area is 170 Å². The fourth-order valence-corrected chi connectivity index (χ4v) is 3.23. The first kappa shape index (κ1) is 24.3. The molecule has 0 aliphatic heterocycles. The molecule has 3 N–H and O–H groups in total. The van der Waals surface area contributed by atoms with Crippen LogP contribution in [0.15, 0.2) is 35.7 Å². The monoisotopic (exact) mass is 425 g/mol. The summed E-state index contributed by atoms with van der Waals surface area (Å²) in [5.41, 5.74) is 0.679. The van der Waals surface area contributed by atoms with Crippen molar-refractivity contribution >= 4 is 34.0 Å². The average molecular weight is 426 g/mol. The predicted octanol–water partition coefficient (Wildman–Crippen LogP) is 1.38. The van der Waals surface area contributed by atoms with E-state index in [-0.39, 0.29) is 6.04 Å². The third kappa shape index (κ3) is 9.86. The molecule has 0 heterocycles. The van der Waals surface area contributed by atoms with Crippen LogP contribution in [0.5, 0.6) is 0 Å². The van der Waals surface area contributed by atoms with Gasteiger partial charge < -0.3 is 10.1 Å². The molecule has 1 aromatic carbocycles. The molecule has 0 fully saturated rings. The van der Waals surface area contributed by atoms with Crippen molar-refractivity contribution in [1.82, 2.24) is 15.4 Å². The van der Waals surface area contributed by atoms with Crippen LogP contribution in [-0.2, 0) is 24.3 Å². The second kappa shape index (κ2) is 11.3. The maximum absolute atomic E-state index is 12.3. The van der Waals surface area contributed by atoms with Crippen molar-refractivity contribution in [3.05, 3.63) is 41.3 Å². The Kier molecular flexibility index (Phi) is 9.49. The molecular formula is C19H27N3O6S. The molecule has 0 aromatic heterocycles. The number of imide groups is 1. The lowest BCUT2D eigenvalue weighted by atomic mass is 10.1. The van der Waals surface area contributed by atoms with Crippen molar-refractivity contribution in [2.45, 2.75) is 39.8 Å². The van der Waals surface area contributed by atoms with Crippen LogP contribution in [0.3, 0.4) is 0 Å². The van der Waals surface area contributed by atoms with Crippen LogP contribution >= 0.6 is 0 Å². The molecule has 0 bridgehead atoms. The Hall–Kier alpha value is -2.72. The molecule has 1 atom stereocenters. The standard InChI is InChI=1S/C19H27N3O6S/c1-13(2)17(18(24)28-12-16(23)21-19(25)20-14(3)4)22-29(26,27)11-10-15-8-6-5-7-9-15/h5-11,13-14,17,22H,12H2,1-4H3,(H2,20,21,23,25)/b11-10+. The van der Waals surface area contributed by atoms with E-state index in [0.717, 1.165) is 5.41 Å². The lowest BCUT2D eigenvalue weighted by molar-refractivity contribution is -0.150. The highest BCUT2D eigenvalue weighted by Gasteiger charge is 2.28. The number of sulfonamides is 1. The number of carbonyl (C=O) groups is 3. The SMILES string of the molecule is CC(C)NC(=O)NC(=O)COC(=O)C(NS(=O)(=O)/C=C/c1ccccc1)C(C)C. The van der Waals surface area contributed by atoms with E-state index in [2.05, 4.69) is 10.0 Å². The molecule has 0 radical (unpaired) electrons. The molecule has 9 nitrogen and oxygen atoms in total. The van der Waals surface area contributed by atoms with Gasteiger partial charge in [-0.25, -0.2) is 13.2 Å². The number of nitrogens with one attached hydrogen (secondary N) is 3. The molecule has 1 unspecified atom stereocenters. The van der Waals surface area contributed by atoms with E-state index in [9.17, 15) is 22.8 Å². The quantitative estimate of drug-likeness (QED) is 0.512. The van der Waals surface area contributed by atoms with Gasteiger partial charge in [0.1, 0.15) is 6.04 Å². The number of ether oxygens (including phenoxy) is 1. The third-order valence-electron chi connectivity index (χ3n) is 3.47. The van der Waals surface area contributed by atoms with Crippen molar-refractivity contribution < 1.29 is 27.5 Å². The summed E-state index contributed by atoms with van der Waals surface area (Å²) in [5.74, 6) is -2.18. The molecule has 1 aromatic rings. The molecule has 0 aliphatic rings. The Bertz CT molecular complexity index is 835. The van der Waals surface area contributed by atoms with Gasteiger partial charge in [-0.05, 0) is 31.4 Å². The second-order valence-electron chi connectivity index (χ2n) is 6.88. The van der Waals surface area contributed by atoms with Gasteiger partial charge in [0.15, 0.2) is 6.61 Å². The topological polar surface area (TPSA) is 131 Å². The minimum absolute atomic E-state index is 0.172. The summed E-state index contributed by atoms with van der Waals surface area (Å²) in [6, 6.07) is 6.71. The third-order valence-corrected chi connectivity index (χ3v) is 4.55. The van der Waals surface area contributed by atoms with Gasteiger partial charge >= 0.3 is 12.0 Å².